The van der Waals surface area contributed by atoms with Crippen molar-refractivity contribution in [3.8, 4) is 17.2 Å². The number of nitrogens with zero attached hydrogens (tertiary/aromatic N) is 3. The van der Waals surface area contributed by atoms with E-state index >= 15 is 0 Å². The van der Waals surface area contributed by atoms with Crippen LogP contribution in [0.2, 0.25) is 0 Å². The average Bonchev–Trinajstić information content (AvgIpc) is 3.11. The summed E-state index contributed by atoms with van der Waals surface area (Å²) < 4.78 is 18.0. The summed E-state index contributed by atoms with van der Waals surface area (Å²) in [4.78, 5) is 4.26. The van der Waals surface area contributed by atoms with Crippen molar-refractivity contribution in [2.75, 3.05) is 34.9 Å². The molecule has 27 heavy (non-hydrogen) atoms. The maximum absolute atomic E-state index is 5.39. The van der Waals surface area contributed by atoms with Crippen LogP contribution >= 0.6 is 0 Å². The van der Waals surface area contributed by atoms with Crippen LogP contribution in [0.25, 0.3) is 0 Å². The standard InChI is InChI=1S/C19H29N5O3/c1-20-19(21-8-6-7-14-12-23-24(2)13-14)22-11-15-9-16(25-3)18(27-5)17(10-15)26-4/h9-10,12-13H,6-8,11H2,1-5H3,(H2,20,21,22). The molecule has 0 bridgehead atoms. The molecule has 0 fully saturated rings. The van der Waals surface area contributed by atoms with Gasteiger partial charge in [0.15, 0.2) is 17.5 Å². The number of hydrogen-bond acceptors (Lipinski definition) is 5. The van der Waals surface area contributed by atoms with E-state index in [0.29, 0.717) is 23.8 Å². The topological polar surface area (TPSA) is 81.9 Å². The summed E-state index contributed by atoms with van der Waals surface area (Å²) in [5.41, 5.74) is 2.24. The highest BCUT2D eigenvalue weighted by Crippen LogP contribution is 2.38. The number of aliphatic imine (C=N–C) groups is 1. The molecule has 2 N–H and O–H groups in total. The maximum Gasteiger partial charge on any atom is 0.203 e. The molecule has 1 aromatic heterocycles. The van der Waals surface area contributed by atoms with E-state index in [4.69, 9.17) is 14.2 Å². The van der Waals surface area contributed by atoms with Crippen LogP contribution in [0, 0.1) is 0 Å². The molecular formula is C19H29N5O3. The molecule has 0 saturated heterocycles. The Bertz CT molecular complexity index is 733. The van der Waals surface area contributed by atoms with Gasteiger partial charge in [0, 0.05) is 33.4 Å². The van der Waals surface area contributed by atoms with E-state index in [1.165, 1.54) is 5.56 Å². The summed E-state index contributed by atoms with van der Waals surface area (Å²) in [6.45, 7) is 1.41. The van der Waals surface area contributed by atoms with E-state index < -0.39 is 0 Å². The molecule has 2 aromatic rings. The Hall–Kier alpha value is -2.90. The quantitative estimate of drug-likeness (QED) is 0.395. The van der Waals surface area contributed by atoms with Gasteiger partial charge in [-0.15, -0.1) is 0 Å². The third-order valence-corrected chi connectivity index (χ3v) is 4.10. The van der Waals surface area contributed by atoms with Crippen LogP contribution in [0.3, 0.4) is 0 Å². The molecule has 0 unspecified atom stereocenters. The van der Waals surface area contributed by atoms with Gasteiger partial charge in [-0.2, -0.15) is 5.10 Å². The molecular weight excluding hydrogens is 346 g/mol. The largest absolute Gasteiger partial charge is 0.493 e. The summed E-state index contributed by atoms with van der Waals surface area (Å²) in [5, 5.41) is 10.8. The molecule has 0 atom stereocenters. The molecule has 8 nitrogen and oxygen atoms in total. The van der Waals surface area contributed by atoms with Crippen molar-refractivity contribution in [3.63, 3.8) is 0 Å². The minimum atomic E-state index is 0.582. The predicted octanol–water partition coefficient (Wildman–Crippen LogP) is 1.74. The Morgan fingerprint density at radius 2 is 1.78 bits per heavy atom. The van der Waals surface area contributed by atoms with Crippen molar-refractivity contribution in [2.24, 2.45) is 12.0 Å². The molecule has 0 radical (unpaired) electrons. The van der Waals surface area contributed by atoms with Gasteiger partial charge < -0.3 is 24.8 Å². The van der Waals surface area contributed by atoms with E-state index in [1.54, 1.807) is 28.4 Å². The third kappa shape index (κ3) is 5.80. The number of methoxy groups -OCH3 is 3. The van der Waals surface area contributed by atoms with E-state index in [9.17, 15) is 0 Å². The van der Waals surface area contributed by atoms with Gasteiger partial charge >= 0.3 is 0 Å². The van der Waals surface area contributed by atoms with Crippen LogP contribution in [0.1, 0.15) is 17.5 Å². The Morgan fingerprint density at radius 1 is 1.07 bits per heavy atom. The number of guanidine groups is 1. The van der Waals surface area contributed by atoms with Crippen LogP contribution in [0.4, 0.5) is 0 Å². The van der Waals surface area contributed by atoms with Crippen LogP contribution < -0.4 is 24.8 Å². The zero-order chi connectivity index (χ0) is 19.6. The Morgan fingerprint density at radius 3 is 2.30 bits per heavy atom. The SMILES string of the molecule is CN=C(NCCCc1cnn(C)c1)NCc1cc(OC)c(OC)c(OC)c1. The number of nitrogens with one attached hydrogen (secondary N) is 2. The minimum absolute atomic E-state index is 0.582. The van der Waals surface area contributed by atoms with Crippen LogP contribution in [0.15, 0.2) is 29.5 Å². The number of rotatable bonds is 9. The lowest BCUT2D eigenvalue weighted by Gasteiger charge is -2.16. The molecule has 1 heterocycles. The van der Waals surface area contributed by atoms with Gasteiger partial charge in [0.05, 0.1) is 27.5 Å². The Kier molecular flexibility index (Phi) is 7.79. The molecule has 0 spiro atoms. The van der Waals surface area contributed by atoms with E-state index in [-0.39, 0.29) is 0 Å². The second kappa shape index (κ2) is 10.3. The van der Waals surface area contributed by atoms with E-state index in [0.717, 1.165) is 30.9 Å². The summed E-state index contributed by atoms with van der Waals surface area (Å²) in [7, 11) is 8.49. The second-order valence-corrected chi connectivity index (χ2v) is 6.01. The molecule has 0 amide bonds. The molecule has 148 valence electrons. The predicted molar refractivity (Wildman–Crippen MR) is 106 cm³/mol. The summed E-state index contributed by atoms with van der Waals surface area (Å²) in [6.07, 6.45) is 5.91. The normalized spacial score (nSPS) is 11.2. The zero-order valence-corrected chi connectivity index (χ0v) is 16.7. The van der Waals surface area contributed by atoms with Crippen molar-refractivity contribution in [2.45, 2.75) is 19.4 Å². The number of aromatic nitrogens is 2. The lowest BCUT2D eigenvalue weighted by atomic mass is 10.2. The van der Waals surface area contributed by atoms with Gasteiger partial charge in [-0.3, -0.25) is 9.67 Å². The molecule has 0 saturated carbocycles. The van der Waals surface area contributed by atoms with Crippen LogP contribution in [-0.2, 0) is 20.0 Å². The van der Waals surface area contributed by atoms with Gasteiger partial charge in [0.2, 0.25) is 5.75 Å². The Balaban J connectivity index is 1.86. The van der Waals surface area contributed by atoms with Gasteiger partial charge in [0.1, 0.15) is 0 Å². The summed E-state index contributed by atoms with van der Waals surface area (Å²) in [5.74, 6) is 2.60. The molecule has 0 aliphatic rings. The first-order valence-electron chi connectivity index (χ1n) is 8.82. The van der Waals surface area contributed by atoms with Crippen molar-refractivity contribution < 1.29 is 14.2 Å². The third-order valence-electron chi connectivity index (χ3n) is 4.10. The van der Waals surface area contributed by atoms with Crippen LogP contribution in [0.5, 0.6) is 17.2 Å². The summed E-state index contributed by atoms with van der Waals surface area (Å²) in [6, 6.07) is 3.84. The second-order valence-electron chi connectivity index (χ2n) is 6.01. The highest BCUT2D eigenvalue weighted by molar-refractivity contribution is 5.79. The number of ether oxygens (including phenoxy) is 3. The monoisotopic (exact) mass is 375 g/mol. The van der Waals surface area contributed by atoms with Gasteiger partial charge in [-0.1, -0.05) is 0 Å². The fourth-order valence-electron chi connectivity index (χ4n) is 2.74. The fourth-order valence-corrected chi connectivity index (χ4v) is 2.74. The zero-order valence-electron chi connectivity index (χ0n) is 16.7. The first kappa shape index (κ1) is 20.4. The van der Waals surface area contributed by atoms with Gasteiger partial charge in [-0.05, 0) is 36.1 Å². The Labute approximate surface area is 160 Å². The first-order valence-corrected chi connectivity index (χ1v) is 8.82. The molecule has 0 aliphatic carbocycles. The molecule has 2 rings (SSSR count). The molecule has 8 heteroatoms. The lowest BCUT2D eigenvalue weighted by Crippen LogP contribution is -2.37. The maximum atomic E-state index is 5.39. The van der Waals surface area contributed by atoms with Crippen molar-refractivity contribution in [1.29, 1.82) is 0 Å². The van der Waals surface area contributed by atoms with E-state index in [2.05, 4.69) is 20.7 Å². The van der Waals surface area contributed by atoms with Crippen molar-refractivity contribution in [3.05, 3.63) is 35.7 Å². The van der Waals surface area contributed by atoms with Crippen molar-refractivity contribution >= 4 is 5.96 Å². The highest BCUT2D eigenvalue weighted by Gasteiger charge is 2.13. The fraction of sp³-hybridized carbons (Fsp3) is 0.474. The number of benzene rings is 1. The number of aryl methyl sites for hydroxylation is 2. The smallest absolute Gasteiger partial charge is 0.203 e. The number of hydrogen-bond donors (Lipinski definition) is 2. The molecule has 0 aliphatic heterocycles. The van der Waals surface area contributed by atoms with Gasteiger partial charge in [0.25, 0.3) is 0 Å². The van der Waals surface area contributed by atoms with Crippen LogP contribution in [-0.4, -0.2) is 50.7 Å². The van der Waals surface area contributed by atoms with E-state index in [1.807, 2.05) is 36.3 Å². The minimum Gasteiger partial charge on any atom is -0.493 e. The first-order chi connectivity index (χ1) is 13.1. The van der Waals surface area contributed by atoms with Gasteiger partial charge in [-0.25, -0.2) is 0 Å². The average molecular weight is 375 g/mol. The van der Waals surface area contributed by atoms with Crippen molar-refractivity contribution in [1.82, 2.24) is 20.4 Å². The lowest BCUT2D eigenvalue weighted by molar-refractivity contribution is 0.323. The highest BCUT2D eigenvalue weighted by atomic mass is 16.5. The molecule has 1 aromatic carbocycles. The summed E-state index contributed by atoms with van der Waals surface area (Å²) >= 11 is 0.